The van der Waals surface area contributed by atoms with Gasteiger partial charge in [0.15, 0.2) is 0 Å². The molecule has 0 unspecified atom stereocenters. The summed E-state index contributed by atoms with van der Waals surface area (Å²) in [6.45, 7) is 6.24. The Kier molecular flexibility index (Phi) is 4.73. The van der Waals surface area contributed by atoms with Crippen LogP contribution in [0.4, 0.5) is 0 Å². The van der Waals surface area contributed by atoms with Crippen LogP contribution in [0.25, 0.3) is 5.65 Å². The van der Waals surface area contributed by atoms with Gasteiger partial charge in [0.2, 0.25) is 0 Å². The van der Waals surface area contributed by atoms with Gasteiger partial charge >= 0.3 is 0 Å². The fourth-order valence-corrected chi connectivity index (χ4v) is 2.14. The molecular formula is C16H21N3O2. The van der Waals surface area contributed by atoms with E-state index in [9.17, 15) is 9.59 Å². The molecule has 0 saturated heterocycles. The Morgan fingerprint density at radius 3 is 2.76 bits per heavy atom. The van der Waals surface area contributed by atoms with Gasteiger partial charge in [-0.3, -0.25) is 14.0 Å². The highest BCUT2D eigenvalue weighted by molar-refractivity contribution is 5.93. The van der Waals surface area contributed by atoms with E-state index in [1.54, 1.807) is 24.4 Å². The smallest absolute Gasteiger partial charge is 0.270 e. The highest BCUT2D eigenvalue weighted by Crippen LogP contribution is 2.07. The van der Waals surface area contributed by atoms with E-state index in [0.717, 1.165) is 12.8 Å². The Morgan fingerprint density at radius 2 is 2.05 bits per heavy atom. The topological polar surface area (TPSA) is 63.5 Å². The summed E-state index contributed by atoms with van der Waals surface area (Å²) in [5.74, 6) is 0.235. The molecular weight excluding hydrogens is 266 g/mol. The highest BCUT2D eigenvalue weighted by Gasteiger charge is 2.15. The Morgan fingerprint density at radius 1 is 1.29 bits per heavy atom. The van der Waals surface area contributed by atoms with Gasteiger partial charge in [0.1, 0.15) is 11.2 Å². The Bertz CT molecular complexity index is 691. The fourth-order valence-electron chi connectivity index (χ4n) is 2.14. The van der Waals surface area contributed by atoms with E-state index in [4.69, 9.17) is 0 Å². The lowest BCUT2D eigenvalue weighted by atomic mass is 10.0. The van der Waals surface area contributed by atoms with Gasteiger partial charge in [-0.15, -0.1) is 0 Å². The molecule has 1 atom stereocenters. The van der Waals surface area contributed by atoms with Crippen LogP contribution in [-0.4, -0.2) is 21.3 Å². The summed E-state index contributed by atoms with van der Waals surface area (Å²) in [6, 6.07) is 5.31. The largest absolute Gasteiger partial charge is 0.349 e. The molecule has 5 nitrogen and oxygen atoms in total. The minimum absolute atomic E-state index is 0.0378. The molecule has 0 aliphatic heterocycles. The van der Waals surface area contributed by atoms with Crippen molar-refractivity contribution in [2.75, 3.05) is 0 Å². The quantitative estimate of drug-likeness (QED) is 0.917. The van der Waals surface area contributed by atoms with E-state index < -0.39 is 0 Å². The van der Waals surface area contributed by atoms with Crippen molar-refractivity contribution in [2.24, 2.45) is 5.92 Å². The van der Waals surface area contributed by atoms with Crippen LogP contribution in [0.15, 0.2) is 35.4 Å². The molecule has 0 aromatic carbocycles. The van der Waals surface area contributed by atoms with E-state index in [2.05, 4.69) is 24.1 Å². The molecule has 0 bridgehead atoms. The van der Waals surface area contributed by atoms with Crippen molar-refractivity contribution in [1.82, 2.24) is 14.7 Å². The maximum absolute atomic E-state index is 12.3. The van der Waals surface area contributed by atoms with Crippen molar-refractivity contribution >= 4 is 11.6 Å². The third kappa shape index (κ3) is 3.68. The molecule has 0 radical (unpaired) electrons. The van der Waals surface area contributed by atoms with Crippen molar-refractivity contribution in [3.63, 3.8) is 0 Å². The number of aromatic nitrogens is 2. The number of pyridine rings is 1. The minimum atomic E-state index is -0.359. The number of rotatable bonds is 5. The minimum Gasteiger partial charge on any atom is -0.349 e. The molecule has 0 saturated carbocycles. The Labute approximate surface area is 124 Å². The fraction of sp³-hybridized carbons (Fsp3) is 0.438. The summed E-state index contributed by atoms with van der Waals surface area (Å²) in [7, 11) is 0. The predicted molar refractivity (Wildman–Crippen MR) is 82.5 cm³/mol. The molecule has 2 heterocycles. The van der Waals surface area contributed by atoms with Crippen LogP contribution in [0.3, 0.4) is 0 Å². The van der Waals surface area contributed by atoms with Crippen LogP contribution in [0.2, 0.25) is 0 Å². The van der Waals surface area contributed by atoms with Gasteiger partial charge in [0.25, 0.3) is 11.5 Å². The van der Waals surface area contributed by atoms with Gasteiger partial charge in [-0.25, -0.2) is 4.98 Å². The number of amides is 1. The molecule has 1 N–H and O–H groups in total. The summed E-state index contributed by atoms with van der Waals surface area (Å²) in [6.07, 6.45) is 4.90. The lowest BCUT2D eigenvalue weighted by Crippen LogP contribution is -2.37. The second-order valence-electron chi connectivity index (χ2n) is 5.75. The normalized spacial score (nSPS) is 12.6. The first-order valence-electron chi connectivity index (χ1n) is 7.26. The molecule has 1 amide bonds. The zero-order valence-corrected chi connectivity index (χ0v) is 12.7. The number of nitrogens with one attached hydrogen (secondary N) is 1. The molecule has 5 heteroatoms. The first kappa shape index (κ1) is 15.2. The lowest BCUT2D eigenvalue weighted by molar-refractivity contribution is 0.0935. The average Bonchev–Trinajstić information content (AvgIpc) is 2.45. The SMILES string of the molecule is CC(C)CC[C@H](C)NC(=O)c1cnc2ccccn2c1=O. The van der Waals surface area contributed by atoms with Gasteiger partial charge < -0.3 is 5.32 Å². The number of fused-ring (bicyclic) bond motifs is 1. The predicted octanol–water partition coefficient (Wildman–Crippen LogP) is 2.25. The van der Waals surface area contributed by atoms with Crippen molar-refractivity contribution in [1.29, 1.82) is 0 Å². The van der Waals surface area contributed by atoms with Crippen LogP contribution in [0.5, 0.6) is 0 Å². The summed E-state index contributed by atoms with van der Waals surface area (Å²) >= 11 is 0. The van der Waals surface area contributed by atoms with Gasteiger partial charge in [0, 0.05) is 18.4 Å². The molecule has 2 aromatic rings. The molecule has 21 heavy (non-hydrogen) atoms. The van der Waals surface area contributed by atoms with Gasteiger partial charge in [-0.1, -0.05) is 19.9 Å². The molecule has 0 fully saturated rings. The van der Waals surface area contributed by atoms with E-state index >= 15 is 0 Å². The maximum Gasteiger partial charge on any atom is 0.270 e. The number of hydrogen-bond donors (Lipinski definition) is 1. The highest BCUT2D eigenvalue weighted by atomic mass is 16.2. The number of hydrogen-bond acceptors (Lipinski definition) is 3. The number of carbonyl (C=O) groups excluding carboxylic acids is 1. The number of nitrogens with zero attached hydrogens (tertiary/aromatic N) is 2. The van der Waals surface area contributed by atoms with E-state index in [1.165, 1.54) is 10.6 Å². The zero-order chi connectivity index (χ0) is 15.4. The van der Waals surface area contributed by atoms with Crippen molar-refractivity contribution in [3.8, 4) is 0 Å². The monoisotopic (exact) mass is 287 g/mol. The van der Waals surface area contributed by atoms with Gasteiger partial charge in [-0.05, 0) is 37.8 Å². The second kappa shape index (κ2) is 6.52. The number of carbonyl (C=O) groups is 1. The zero-order valence-electron chi connectivity index (χ0n) is 12.7. The third-order valence-electron chi connectivity index (χ3n) is 3.41. The molecule has 0 spiro atoms. The average molecular weight is 287 g/mol. The molecule has 2 rings (SSSR count). The third-order valence-corrected chi connectivity index (χ3v) is 3.41. The summed E-state index contributed by atoms with van der Waals surface area (Å²) in [4.78, 5) is 28.6. The maximum atomic E-state index is 12.3. The van der Waals surface area contributed by atoms with Crippen LogP contribution >= 0.6 is 0 Å². The first-order chi connectivity index (χ1) is 9.99. The van der Waals surface area contributed by atoms with Crippen molar-refractivity contribution in [3.05, 3.63) is 46.5 Å². The summed E-state index contributed by atoms with van der Waals surface area (Å²) < 4.78 is 1.38. The standard InChI is InChI=1S/C16H21N3O2/c1-11(2)7-8-12(3)18-15(20)13-10-17-14-6-4-5-9-19(14)16(13)21/h4-6,9-12H,7-8H2,1-3H3,(H,18,20)/t12-/m0/s1. The lowest BCUT2D eigenvalue weighted by Gasteiger charge is -2.14. The summed E-state index contributed by atoms with van der Waals surface area (Å²) in [5, 5.41) is 2.86. The molecule has 2 aromatic heterocycles. The van der Waals surface area contributed by atoms with Crippen LogP contribution < -0.4 is 10.9 Å². The van der Waals surface area contributed by atoms with Gasteiger partial charge in [-0.2, -0.15) is 0 Å². The van der Waals surface area contributed by atoms with Crippen molar-refractivity contribution in [2.45, 2.75) is 39.7 Å². The van der Waals surface area contributed by atoms with Crippen LogP contribution in [0.1, 0.15) is 44.0 Å². The van der Waals surface area contributed by atoms with E-state index in [0.29, 0.717) is 11.6 Å². The second-order valence-corrected chi connectivity index (χ2v) is 5.75. The molecule has 112 valence electrons. The molecule has 0 aliphatic carbocycles. The van der Waals surface area contributed by atoms with Crippen molar-refractivity contribution < 1.29 is 4.79 Å². The van der Waals surface area contributed by atoms with Gasteiger partial charge in [0.05, 0.1) is 0 Å². The first-order valence-corrected chi connectivity index (χ1v) is 7.26. The Balaban J connectivity index is 2.16. The molecule has 0 aliphatic rings. The van der Waals surface area contributed by atoms with Crippen LogP contribution in [0, 0.1) is 5.92 Å². The summed E-state index contributed by atoms with van der Waals surface area (Å²) in [5.41, 5.74) is 0.274. The van der Waals surface area contributed by atoms with E-state index in [1.807, 2.05) is 6.92 Å². The van der Waals surface area contributed by atoms with E-state index in [-0.39, 0.29) is 23.1 Å². The van der Waals surface area contributed by atoms with Crippen LogP contribution in [-0.2, 0) is 0 Å². The Hall–Kier alpha value is -2.17.